The number of aromatic nitrogens is 3. The Bertz CT molecular complexity index is 686. The summed E-state index contributed by atoms with van der Waals surface area (Å²) in [6.45, 7) is 3.80. The molecule has 0 amide bonds. The van der Waals surface area contributed by atoms with E-state index in [0.29, 0.717) is 11.8 Å². The maximum Gasteiger partial charge on any atom is 0.352 e. The second-order valence-corrected chi connectivity index (χ2v) is 5.65. The highest BCUT2D eigenvalue weighted by atomic mass is 32.1. The minimum Gasteiger partial charge on any atom is -0.477 e. The van der Waals surface area contributed by atoms with Crippen LogP contribution in [0.2, 0.25) is 0 Å². The molecule has 2 aromatic rings. The fraction of sp³-hybridized carbons (Fsp3) is 0.250. The molecule has 3 rings (SSSR count). The van der Waals surface area contributed by atoms with Crippen LogP contribution in [0.4, 0.5) is 5.95 Å². The van der Waals surface area contributed by atoms with E-state index in [1.807, 2.05) is 19.1 Å². The van der Waals surface area contributed by atoms with Crippen molar-refractivity contribution in [1.82, 2.24) is 14.8 Å². The number of carbonyl (C=O) groups is 1. The first kappa shape index (κ1) is 11.9. The maximum atomic E-state index is 11.2. The van der Waals surface area contributed by atoms with Crippen LogP contribution in [0.5, 0.6) is 0 Å². The highest BCUT2D eigenvalue weighted by Crippen LogP contribution is 2.32. The number of carboxylic acid groups (broad SMARTS) is 1. The third kappa shape index (κ3) is 2.01. The van der Waals surface area contributed by atoms with Gasteiger partial charge in [-0.2, -0.15) is 10.1 Å². The molecular formula is C12H12N4O2S. The number of rotatable bonds is 2. The number of aryl methyl sites for hydroxylation is 2. The monoisotopic (exact) mass is 276 g/mol. The van der Waals surface area contributed by atoms with Crippen LogP contribution in [-0.4, -0.2) is 25.8 Å². The summed E-state index contributed by atoms with van der Waals surface area (Å²) in [5.41, 5.74) is 0.135. The molecule has 2 N–H and O–H groups in total. The number of thiophene rings is 1. The van der Waals surface area contributed by atoms with Gasteiger partial charge in [0.25, 0.3) is 0 Å². The number of aliphatic carboxylic acids is 1. The average molecular weight is 276 g/mol. The number of hydrogen-bond acceptors (Lipinski definition) is 5. The molecule has 0 radical (unpaired) electrons. The van der Waals surface area contributed by atoms with Crippen LogP contribution in [0, 0.1) is 13.8 Å². The molecule has 0 saturated carbocycles. The van der Waals surface area contributed by atoms with Crippen LogP contribution >= 0.6 is 11.3 Å². The fourth-order valence-electron chi connectivity index (χ4n) is 2.04. The summed E-state index contributed by atoms with van der Waals surface area (Å²) in [6.07, 6.45) is 1.66. The zero-order valence-corrected chi connectivity index (χ0v) is 11.2. The van der Waals surface area contributed by atoms with E-state index in [2.05, 4.69) is 15.4 Å². The van der Waals surface area contributed by atoms with Crippen LogP contribution in [0.1, 0.15) is 21.6 Å². The highest BCUT2D eigenvalue weighted by molar-refractivity contribution is 7.12. The van der Waals surface area contributed by atoms with Crippen molar-refractivity contribution in [2.75, 3.05) is 5.32 Å². The number of nitrogens with one attached hydrogen (secondary N) is 1. The Labute approximate surface area is 113 Å². The molecule has 0 aromatic carbocycles. The number of allylic oxidation sites excluding steroid dienone is 1. The molecule has 0 saturated heterocycles. The maximum absolute atomic E-state index is 11.2. The summed E-state index contributed by atoms with van der Waals surface area (Å²) >= 11 is 1.63. The van der Waals surface area contributed by atoms with E-state index in [1.165, 1.54) is 4.88 Å². The lowest BCUT2D eigenvalue weighted by atomic mass is 10.2. The summed E-state index contributed by atoms with van der Waals surface area (Å²) in [4.78, 5) is 17.6. The first-order chi connectivity index (χ1) is 9.04. The van der Waals surface area contributed by atoms with Gasteiger partial charge >= 0.3 is 5.97 Å². The average Bonchev–Trinajstić information content (AvgIpc) is 2.92. The summed E-state index contributed by atoms with van der Waals surface area (Å²) in [5, 5.41) is 16.3. The van der Waals surface area contributed by atoms with E-state index in [0.717, 1.165) is 4.88 Å². The Hall–Kier alpha value is -2.15. The van der Waals surface area contributed by atoms with Crippen molar-refractivity contribution in [2.24, 2.45) is 0 Å². The molecule has 2 aromatic heterocycles. The number of fused-ring (bicyclic) bond motifs is 1. The third-order valence-corrected chi connectivity index (χ3v) is 3.93. The van der Waals surface area contributed by atoms with E-state index in [-0.39, 0.29) is 11.7 Å². The molecule has 1 aliphatic rings. The zero-order chi connectivity index (χ0) is 13.6. The van der Waals surface area contributed by atoms with E-state index < -0.39 is 5.97 Å². The zero-order valence-electron chi connectivity index (χ0n) is 10.4. The van der Waals surface area contributed by atoms with Crippen LogP contribution in [0.25, 0.3) is 0 Å². The van der Waals surface area contributed by atoms with E-state index >= 15 is 0 Å². The summed E-state index contributed by atoms with van der Waals surface area (Å²) in [7, 11) is 0. The van der Waals surface area contributed by atoms with Gasteiger partial charge in [0, 0.05) is 9.75 Å². The topological polar surface area (TPSA) is 80.0 Å². The van der Waals surface area contributed by atoms with Crippen molar-refractivity contribution >= 4 is 23.3 Å². The lowest BCUT2D eigenvalue weighted by Crippen LogP contribution is -2.23. The number of anilines is 1. The van der Waals surface area contributed by atoms with Gasteiger partial charge in [0.05, 0.1) is 0 Å². The Morgan fingerprint density at radius 1 is 1.47 bits per heavy atom. The van der Waals surface area contributed by atoms with Gasteiger partial charge < -0.3 is 10.4 Å². The van der Waals surface area contributed by atoms with Crippen LogP contribution in [-0.2, 0) is 4.79 Å². The molecule has 6 nitrogen and oxygen atoms in total. The summed E-state index contributed by atoms with van der Waals surface area (Å²) < 4.78 is 1.72. The van der Waals surface area contributed by atoms with E-state index in [9.17, 15) is 4.79 Å². The van der Waals surface area contributed by atoms with Gasteiger partial charge in [-0.25, -0.2) is 9.48 Å². The second kappa shape index (κ2) is 4.20. The minimum absolute atomic E-state index is 0.135. The van der Waals surface area contributed by atoms with Crippen LogP contribution in [0.15, 0.2) is 23.9 Å². The van der Waals surface area contributed by atoms with E-state index in [1.54, 1.807) is 29.0 Å². The van der Waals surface area contributed by atoms with Crippen LogP contribution in [0.3, 0.4) is 0 Å². The smallest absolute Gasteiger partial charge is 0.352 e. The number of nitrogens with zero attached hydrogens (tertiary/aromatic N) is 3. The predicted octanol–water partition coefficient (Wildman–Crippen LogP) is 1.94. The standard InChI is InChI=1S/C12H12N4O2S/c1-6-3-4-10(19-6)9-5-8(11(17)18)14-12-13-7(2)15-16(9)12/h3-5,9H,1-2H3,(H,17,18)(H,13,14,15). The predicted molar refractivity (Wildman–Crippen MR) is 71.3 cm³/mol. The molecule has 0 spiro atoms. The molecular weight excluding hydrogens is 264 g/mol. The molecule has 7 heteroatoms. The van der Waals surface area contributed by atoms with Gasteiger partial charge in [-0.05, 0) is 32.1 Å². The molecule has 0 bridgehead atoms. The SMILES string of the molecule is Cc1nc2n(n1)C(c1ccc(C)s1)C=C(C(=O)O)N2. The van der Waals surface area contributed by atoms with E-state index in [4.69, 9.17) is 5.11 Å². The second-order valence-electron chi connectivity index (χ2n) is 4.33. The molecule has 19 heavy (non-hydrogen) atoms. The lowest BCUT2D eigenvalue weighted by molar-refractivity contribution is -0.132. The van der Waals surface area contributed by atoms with Crippen molar-refractivity contribution in [1.29, 1.82) is 0 Å². The quantitative estimate of drug-likeness (QED) is 0.876. The lowest BCUT2D eigenvalue weighted by Gasteiger charge is -2.21. The molecule has 98 valence electrons. The van der Waals surface area contributed by atoms with Gasteiger partial charge in [0.1, 0.15) is 17.6 Å². The first-order valence-corrected chi connectivity index (χ1v) is 6.58. The normalized spacial score (nSPS) is 17.6. The Morgan fingerprint density at radius 2 is 2.26 bits per heavy atom. The van der Waals surface area contributed by atoms with Crippen molar-refractivity contribution in [2.45, 2.75) is 19.9 Å². The highest BCUT2D eigenvalue weighted by Gasteiger charge is 2.27. The summed E-state index contributed by atoms with van der Waals surface area (Å²) in [5.74, 6) is 0.0828. The van der Waals surface area contributed by atoms with Crippen molar-refractivity contribution in [3.05, 3.63) is 39.5 Å². The molecule has 0 aliphatic carbocycles. The molecule has 1 unspecified atom stereocenters. The van der Waals surface area contributed by atoms with Crippen molar-refractivity contribution < 1.29 is 9.90 Å². The largest absolute Gasteiger partial charge is 0.477 e. The van der Waals surface area contributed by atoms with Gasteiger partial charge in [0.2, 0.25) is 5.95 Å². The van der Waals surface area contributed by atoms with Gasteiger partial charge in [0.15, 0.2) is 0 Å². The first-order valence-electron chi connectivity index (χ1n) is 5.76. The van der Waals surface area contributed by atoms with Crippen molar-refractivity contribution in [3.63, 3.8) is 0 Å². The van der Waals surface area contributed by atoms with Gasteiger partial charge in [-0.1, -0.05) is 0 Å². The summed E-state index contributed by atoms with van der Waals surface area (Å²) in [6, 6.07) is 3.79. The fourth-order valence-corrected chi connectivity index (χ4v) is 2.97. The van der Waals surface area contributed by atoms with Gasteiger partial charge in [-0.15, -0.1) is 11.3 Å². The molecule has 1 atom stereocenters. The molecule has 0 fully saturated rings. The van der Waals surface area contributed by atoms with Crippen LogP contribution < -0.4 is 5.32 Å². The minimum atomic E-state index is -0.995. The Kier molecular flexibility index (Phi) is 2.63. The molecule has 1 aliphatic heterocycles. The Balaban J connectivity index is 2.12. The Morgan fingerprint density at radius 3 is 2.89 bits per heavy atom. The number of hydrogen-bond donors (Lipinski definition) is 2. The number of carboxylic acids is 1. The van der Waals surface area contributed by atoms with Crippen molar-refractivity contribution in [3.8, 4) is 0 Å². The third-order valence-electron chi connectivity index (χ3n) is 2.85. The molecule has 3 heterocycles. The van der Waals surface area contributed by atoms with Gasteiger partial charge in [-0.3, -0.25) is 0 Å².